The molecule has 0 saturated carbocycles. The molecular weight excluding hydrogens is 268 g/mol. The fourth-order valence-electron chi connectivity index (χ4n) is 2.26. The number of unbranched alkanes of at least 4 members (excludes halogenated alkanes) is 1. The molecule has 1 aromatic rings. The van der Waals surface area contributed by atoms with Crippen molar-refractivity contribution >= 4 is 11.7 Å². The molecule has 1 aliphatic heterocycles. The van der Waals surface area contributed by atoms with Crippen molar-refractivity contribution in [1.82, 2.24) is 15.5 Å². The fraction of sp³-hybridized carbons (Fsp3) is 0.667. The first-order valence-corrected chi connectivity index (χ1v) is 7.65. The van der Waals surface area contributed by atoms with Crippen LogP contribution in [-0.4, -0.2) is 49.0 Å². The molecule has 1 fully saturated rings. The normalized spacial score (nSPS) is 17.7. The Bertz CT molecular complexity index is 443. The molecule has 0 spiro atoms. The van der Waals surface area contributed by atoms with Gasteiger partial charge in [0.1, 0.15) is 0 Å². The number of anilines is 1. The first-order chi connectivity index (χ1) is 10.2. The summed E-state index contributed by atoms with van der Waals surface area (Å²) in [6.45, 7) is 4.43. The van der Waals surface area contributed by atoms with Crippen molar-refractivity contribution in [1.29, 1.82) is 0 Å². The monoisotopic (exact) mass is 292 g/mol. The van der Waals surface area contributed by atoms with Crippen LogP contribution in [0, 0.1) is 0 Å². The molecule has 116 valence electrons. The number of carbonyl (C=O) groups excluding carboxylic acids is 1. The van der Waals surface area contributed by atoms with E-state index in [2.05, 4.69) is 22.4 Å². The molecular formula is C15H24N4O2. The number of rotatable bonds is 7. The molecule has 1 aliphatic rings. The molecule has 1 aromatic heterocycles. The Balaban J connectivity index is 1.84. The third kappa shape index (κ3) is 4.67. The van der Waals surface area contributed by atoms with E-state index in [1.54, 1.807) is 6.07 Å². The number of ether oxygens (including phenoxy) is 1. The van der Waals surface area contributed by atoms with E-state index in [9.17, 15) is 4.79 Å². The molecule has 0 bridgehead atoms. The third-order valence-corrected chi connectivity index (χ3v) is 3.64. The van der Waals surface area contributed by atoms with Gasteiger partial charge in [-0.15, -0.1) is 10.2 Å². The fourth-order valence-corrected chi connectivity index (χ4v) is 2.26. The number of hydrogen-bond donors (Lipinski definition) is 1. The molecule has 6 nitrogen and oxygen atoms in total. The standard InChI is InChI=1S/C15H24N4O2/c1-3-4-9-19(2)14-8-7-13(17-18-14)15(20)16-11-12-6-5-10-21-12/h7-8,12H,3-6,9-11H2,1-2H3,(H,16,20). The summed E-state index contributed by atoms with van der Waals surface area (Å²) in [4.78, 5) is 14.0. The zero-order chi connectivity index (χ0) is 15.1. The molecule has 1 saturated heterocycles. The summed E-state index contributed by atoms with van der Waals surface area (Å²) in [5.74, 6) is 0.597. The molecule has 0 aromatic carbocycles. The van der Waals surface area contributed by atoms with Crippen LogP contribution in [0.15, 0.2) is 12.1 Å². The maximum atomic E-state index is 12.0. The lowest BCUT2D eigenvalue weighted by molar-refractivity contribution is 0.0853. The summed E-state index contributed by atoms with van der Waals surface area (Å²) >= 11 is 0. The van der Waals surface area contributed by atoms with Gasteiger partial charge in [0.25, 0.3) is 5.91 Å². The van der Waals surface area contributed by atoms with Crippen LogP contribution in [-0.2, 0) is 4.74 Å². The first-order valence-electron chi connectivity index (χ1n) is 7.65. The molecule has 1 amide bonds. The quantitative estimate of drug-likeness (QED) is 0.827. The van der Waals surface area contributed by atoms with Gasteiger partial charge < -0.3 is 15.0 Å². The minimum Gasteiger partial charge on any atom is -0.376 e. The lowest BCUT2D eigenvalue weighted by Gasteiger charge is -2.17. The highest BCUT2D eigenvalue weighted by Crippen LogP contribution is 2.11. The zero-order valence-electron chi connectivity index (χ0n) is 12.8. The van der Waals surface area contributed by atoms with Crippen LogP contribution < -0.4 is 10.2 Å². The number of nitrogens with one attached hydrogen (secondary N) is 1. The van der Waals surface area contributed by atoms with Crippen LogP contribution in [0.2, 0.25) is 0 Å². The van der Waals surface area contributed by atoms with Crippen LogP contribution in [0.5, 0.6) is 0 Å². The Morgan fingerprint density at radius 1 is 1.48 bits per heavy atom. The van der Waals surface area contributed by atoms with Crippen molar-refractivity contribution in [3.8, 4) is 0 Å². The van der Waals surface area contributed by atoms with Gasteiger partial charge in [-0.25, -0.2) is 0 Å². The molecule has 0 radical (unpaired) electrons. The summed E-state index contributed by atoms with van der Waals surface area (Å²) < 4.78 is 5.47. The van der Waals surface area contributed by atoms with E-state index >= 15 is 0 Å². The van der Waals surface area contributed by atoms with Gasteiger partial charge in [-0.2, -0.15) is 0 Å². The second-order valence-corrected chi connectivity index (χ2v) is 5.40. The Morgan fingerprint density at radius 2 is 2.33 bits per heavy atom. The Kier molecular flexibility index (Phi) is 5.92. The van der Waals surface area contributed by atoms with Gasteiger partial charge >= 0.3 is 0 Å². The van der Waals surface area contributed by atoms with Crippen molar-refractivity contribution in [2.24, 2.45) is 0 Å². The lowest BCUT2D eigenvalue weighted by Crippen LogP contribution is -2.32. The van der Waals surface area contributed by atoms with Gasteiger partial charge in [0.2, 0.25) is 0 Å². The highest BCUT2D eigenvalue weighted by molar-refractivity contribution is 5.92. The molecule has 2 heterocycles. The molecule has 6 heteroatoms. The zero-order valence-corrected chi connectivity index (χ0v) is 12.8. The third-order valence-electron chi connectivity index (χ3n) is 3.64. The van der Waals surface area contributed by atoms with Gasteiger partial charge in [0, 0.05) is 26.7 Å². The highest BCUT2D eigenvalue weighted by atomic mass is 16.5. The molecule has 21 heavy (non-hydrogen) atoms. The maximum Gasteiger partial charge on any atom is 0.271 e. The van der Waals surface area contributed by atoms with E-state index in [0.29, 0.717) is 12.2 Å². The number of nitrogens with zero attached hydrogens (tertiary/aromatic N) is 3. The van der Waals surface area contributed by atoms with Crippen molar-refractivity contribution in [3.05, 3.63) is 17.8 Å². The van der Waals surface area contributed by atoms with Crippen LogP contribution >= 0.6 is 0 Å². The highest BCUT2D eigenvalue weighted by Gasteiger charge is 2.17. The van der Waals surface area contributed by atoms with Crippen molar-refractivity contribution in [2.75, 3.05) is 31.6 Å². The summed E-state index contributed by atoms with van der Waals surface area (Å²) in [5, 5.41) is 11.0. The predicted molar refractivity (Wildman–Crippen MR) is 81.5 cm³/mol. The second kappa shape index (κ2) is 7.93. The van der Waals surface area contributed by atoms with Gasteiger partial charge in [0.15, 0.2) is 11.5 Å². The van der Waals surface area contributed by atoms with Crippen molar-refractivity contribution in [2.45, 2.75) is 38.7 Å². The SMILES string of the molecule is CCCCN(C)c1ccc(C(=O)NCC2CCCO2)nn1. The van der Waals surface area contributed by atoms with Crippen LogP contribution in [0.1, 0.15) is 43.1 Å². The van der Waals surface area contributed by atoms with E-state index in [0.717, 1.165) is 44.7 Å². The first kappa shape index (κ1) is 15.7. The minimum absolute atomic E-state index is 0.140. The number of hydrogen-bond acceptors (Lipinski definition) is 5. The minimum atomic E-state index is -0.194. The molecule has 1 unspecified atom stereocenters. The van der Waals surface area contributed by atoms with Gasteiger partial charge in [-0.05, 0) is 31.4 Å². The van der Waals surface area contributed by atoms with E-state index < -0.39 is 0 Å². The van der Waals surface area contributed by atoms with E-state index in [1.165, 1.54) is 0 Å². The topological polar surface area (TPSA) is 67.4 Å². The van der Waals surface area contributed by atoms with Gasteiger partial charge in [-0.1, -0.05) is 13.3 Å². The lowest BCUT2D eigenvalue weighted by atomic mass is 10.2. The molecule has 2 rings (SSSR count). The van der Waals surface area contributed by atoms with Crippen LogP contribution in [0.4, 0.5) is 5.82 Å². The van der Waals surface area contributed by atoms with Crippen LogP contribution in [0.25, 0.3) is 0 Å². The van der Waals surface area contributed by atoms with Gasteiger partial charge in [0.05, 0.1) is 6.10 Å². The summed E-state index contributed by atoms with van der Waals surface area (Å²) in [5.41, 5.74) is 0.348. The molecule has 1 atom stereocenters. The number of aromatic nitrogens is 2. The number of amides is 1. The Hall–Kier alpha value is -1.69. The van der Waals surface area contributed by atoms with E-state index in [4.69, 9.17) is 4.74 Å². The predicted octanol–water partition coefficient (Wildman–Crippen LogP) is 1.62. The van der Waals surface area contributed by atoms with E-state index in [1.807, 2.05) is 18.0 Å². The van der Waals surface area contributed by atoms with Crippen molar-refractivity contribution in [3.63, 3.8) is 0 Å². The summed E-state index contributed by atoms with van der Waals surface area (Å²) in [7, 11) is 1.98. The summed E-state index contributed by atoms with van der Waals surface area (Å²) in [6.07, 6.45) is 4.47. The average Bonchev–Trinajstić information content (AvgIpc) is 3.04. The Morgan fingerprint density at radius 3 is 2.95 bits per heavy atom. The number of carbonyl (C=O) groups is 1. The van der Waals surface area contributed by atoms with Crippen LogP contribution in [0.3, 0.4) is 0 Å². The molecule has 0 aliphatic carbocycles. The average molecular weight is 292 g/mol. The Labute approximate surface area is 125 Å². The largest absolute Gasteiger partial charge is 0.376 e. The molecule has 1 N–H and O–H groups in total. The second-order valence-electron chi connectivity index (χ2n) is 5.40. The maximum absolute atomic E-state index is 12.0. The van der Waals surface area contributed by atoms with Crippen molar-refractivity contribution < 1.29 is 9.53 Å². The smallest absolute Gasteiger partial charge is 0.271 e. The van der Waals surface area contributed by atoms with Gasteiger partial charge in [-0.3, -0.25) is 4.79 Å². The van der Waals surface area contributed by atoms with E-state index in [-0.39, 0.29) is 12.0 Å². The summed E-state index contributed by atoms with van der Waals surface area (Å²) in [6, 6.07) is 3.55.